The molecule has 0 aliphatic carbocycles. The lowest BCUT2D eigenvalue weighted by atomic mass is 10.1. The second-order valence-electron chi connectivity index (χ2n) is 5.86. The van der Waals surface area contributed by atoms with E-state index in [1.165, 1.54) is 11.1 Å². The van der Waals surface area contributed by atoms with Crippen molar-refractivity contribution in [1.29, 1.82) is 0 Å². The molecule has 0 amide bonds. The highest BCUT2D eigenvalue weighted by Crippen LogP contribution is 2.14. The zero-order chi connectivity index (χ0) is 16.5. The molecular weight excluding hydrogens is 292 g/mol. The molecule has 6 nitrogen and oxygen atoms in total. The van der Waals surface area contributed by atoms with E-state index in [9.17, 15) is 0 Å². The predicted octanol–water partition coefficient (Wildman–Crippen LogP) is 0.958. The van der Waals surface area contributed by atoms with E-state index in [4.69, 9.17) is 15.2 Å². The van der Waals surface area contributed by atoms with Crippen molar-refractivity contribution in [2.75, 3.05) is 40.0 Å². The average molecular weight is 320 g/mol. The molecular formula is C17H28N4O2. The van der Waals surface area contributed by atoms with Gasteiger partial charge in [-0.25, -0.2) is 4.99 Å². The first-order chi connectivity index (χ1) is 11.2. The molecule has 2 rings (SSSR count). The number of hydrogen-bond acceptors (Lipinski definition) is 4. The van der Waals surface area contributed by atoms with Crippen LogP contribution in [0.2, 0.25) is 0 Å². The number of nitrogens with one attached hydrogen (secondary N) is 1. The molecule has 1 aliphatic heterocycles. The van der Waals surface area contributed by atoms with Gasteiger partial charge in [-0.3, -0.25) is 4.90 Å². The minimum absolute atomic E-state index is 0.146. The van der Waals surface area contributed by atoms with E-state index in [1.54, 1.807) is 7.11 Å². The van der Waals surface area contributed by atoms with Gasteiger partial charge in [-0.15, -0.1) is 0 Å². The highest BCUT2D eigenvalue weighted by Gasteiger charge is 2.12. The smallest absolute Gasteiger partial charge is 0.189 e. The zero-order valence-electron chi connectivity index (χ0n) is 14.1. The van der Waals surface area contributed by atoms with Crippen molar-refractivity contribution in [2.45, 2.75) is 26.1 Å². The fourth-order valence-corrected chi connectivity index (χ4v) is 2.63. The molecule has 1 unspecified atom stereocenters. The molecule has 0 spiro atoms. The van der Waals surface area contributed by atoms with Gasteiger partial charge in [0.05, 0.1) is 26.4 Å². The van der Waals surface area contributed by atoms with Gasteiger partial charge in [0.2, 0.25) is 0 Å². The maximum atomic E-state index is 5.94. The molecule has 0 saturated carbocycles. The van der Waals surface area contributed by atoms with E-state index in [0.29, 0.717) is 19.1 Å². The van der Waals surface area contributed by atoms with Crippen molar-refractivity contribution < 1.29 is 9.47 Å². The molecule has 6 heteroatoms. The molecule has 128 valence electrons. The molecule has 1 aliphatic rings. The molecule has 1 heterocycles. The normalized spacial score (nSPS) is 17.9. The molecule has 0 radical (unpaired) electrons. The van der Waals surface area contributed by atoms with Crippen LogP contribution in [0.3, 0.4) is 0 Å². The molecule has 1 aromatic carbocycles. The Kier molecular flexibility index (Phi) is 7.32. The molecule has 23 heavy (non-hydrogen) atoms. The Morgan fingerprint density at radius 1 is 1.35 bits per heavy atom. The van der Waals surface area contributed by atoms with Crippen LogP contribution in [0, 0.1) is 0 Å². The molecule has 3 N–H and O–H groups in total. The summed E-state index contributed by atoms with van der Waals surface area (Å²) in [5.74, 6) is 0.454. The third kappa shape index (κ3) is 6.17. The number of morpholine rings is 1. The SMILES string of the molecule is COCC(C)NC(N)=NCc1ccccc1CN1CCOCC1. The van der Waals surface area contributed by atoms with Gasteiger partial charge in [-0.2, -0.15) is 0 Å². The van der Waals surface area contributed by atoms with Crippen molar-refractivity contribution in [3.8, 4) is 0 Å². The van der Waals surface area contributed by atoms with Crippen LogP contribution < -0.4 is 11.1 Å². The lowest BCUT2D eigenvalue weighted by molar-refractivity contribution is 0.0341. The summed E-state index contributed by atoms with van der Waals surface area (Å²) in [7, 11) is 1.67. The van der Waals surface area contributed by atoms with E-state index >= 15 is 0 Å². The summed E-state index contributed by atoms with van der Waals surface area (Å²) < 4.78 is 10.5. The fraction of sp³-hybridized carbons (Fsp3) is 0.588. The topological polar surface area (TPSA) is 72.1 Å². The van der Waals surface area contributed by atoms with E-state index in [0.717, 1.165) is 32.8 Å². The van der Waals surface area contributed by atoms with Crippen LogP contribution in [0.1, 0.15) is 18.1 Å². The Hall–Kier alpha value is -1.63. The summed E-state index contributed by atoms with van der Waals surface area (Å²) in [6.45, 7) is 7.72. The molecule has 0 bridgehead atoms. The van der Waals surface area contributed by atoms with Crippen molar-refractivity contribution in [3.63, 3.8) is 0 Å². The van der Waals surface area contributed by atoms with Crippen molar-refractivity contribution in [1.82, 2.24) is 10.2 Å². The van der Waals surface area contributed by atoms with E-state index < -0.39 is 0 Å². The van der Waals surface area contributed by atoms with Crippen LogP contribution in [0.15, 0.2) is 29.3 Å². The summed E-state index contributed by atoms with van der Waals surface area (Å²) in [4.78, 5) is 6.87. The second kappa shape index (κ2) is 9.50. The Balaban J connectivity index is 1.93. The monoisotopic (exact) mass is 320 g/mol. The fourth-order valence-electron chi connectivity index (χ4n) is 2.63. The Morgan fingerprint density at radius 2 is 2.04 bits per heavy atom. The van der Waals surface area contributed by atoms with Crippen LogP contribution >= 0.6 is 0 Å². The number of benzene rings is 1. The first kappa shape index (κ1) is 17.7. The third-order valence-electron chi connectivity index (χ3n) is 3.85. The number of nitrogens with two attached hydrogens (primary N) is 1. The zero-order valence-corrected chi connectivity index (χ0v) is 14.1. The Morgan fingerprint density at radius 3 is 2.74 bits per heavy atom. The van der Waals surface area contributed by atoms with Crippen LogP contribution in [0.25, 0.3) is 0 Å². The Labute approximate surface area is 138 Å². The van der Waals surface area contributed by atoms with Gasteiger partial charge in [-0.1, -0.05) is 24.3 Å². The van der Waals surface area contributed by atoms with Gasteiger partial charge in [0.15, 0.2) is 5.96 Å². The van der Waals surface area contributed by atoms with Crippen molar-refractivity contribution >= 4 is 5.96 Å². The third-order valence-corrected chi connectivity index (χ3v) is 3.85. The van der Waals surface area contributed by atoms with Crippen LogP contribution in [0.4, 0.5) is 0 Å². The van der Waals surface area contributed by atoms with Gasteiger partial charge in [0, 0.05) is 32.8 Å². The minimum Gasteiger partial charge on any atom is -0.383 e. The van der Waals surface area contributed by atoms with Gasteiger partial charge in [-0.05, 0) is 18.1 Å². The van der Waals surface area contributed by atoms with Crippen molar-refractivity contribution in [3.05, 3.63) is 35.4 Å². The average Bonchev–Trinajstić information content (AvgIpc) is 2.55. The number of methoxy groups -OCH3 is 1. The predicted molar refractivity (Wildman–Crippen MR) is 92.3 cm³/mol. The molecule has 1 fully saturated rings. The molecule has 1 atom stereocenters. The van der Waals surface area contributed by atoms with Gasteiger partial charge >= 0.3 is 0 Å². The lowest BCUT2D eigenvalue weighted by Gasteiger charge is -2.27. The van der Waals surface area contributed by atoms with Crippen LogP contribution in [-0.2, 0) is 22.6 Å². The standard InChI is InChI=1S/C17H28N4O2/c1-14(13-22-2)20-17(18)19-11-15-5-3-4-6-16(15)12-21-7-9-23-10-8-21/h3-6,14H,7-13H2,1-2H3,(H3,18,19,20). The van der Waals surface area contributed by atoms with Crippen molar-refractivity contribution in [2.24, 2.45) is 10.7 Å². The van der Waals surface area contributed by atoms with E-state index in [-0.39, 0.29) is 6.04 Å². The van der Waals surface area contributed by atoms with E-state index in [1.807, 2.05) is 13.0 Å². The molecule has 1 aromatic rings. The summed E-state index contributed by atoms with van der Waals surface area (Å²) in [5, 5.41) is 3.13. The first-order valence-electron chi connectivity index (χ1n) is 8.11. The quantitative estimate of drug-likeness (QED) is 0.578. The van der Waals surface area contributed by atoms with Gasteiger partial charge < -0.3 is 20.5 Å². The van der Waals surface area contributed by atoms with Crippen LogP contribution in [-0.4, -0.2) is 56.9 Å². The molecule has 1 saturated heterocycles. The van der Waals surface area contributed by atoms with E-state index in [2.05, 4.69) is 33.4 Å². The molecule has 0 aromatic heterocycles. The number of hydrogen-bond donors (Lipinski definition) is 2. The number of guanidine groups is 1. The summed E-state index contributed by atoms with van der Waals surface area (Å²) >= 11 is 0. The summed E-state index contributed by atoms with van der Waals surface area (Å²) in [5.41, 5.74) is 8.46. The maximum Gasteiger partial charge on any atom is 0.189 e. The Bertz CT molecular complexity index is 501. The number of aliphatic imine (C=N–C) groups is 1. The second-order valence-corrected chi connectivity index (χ2v) is 5.86. The van der Waals surface area contributed by atoms with Gasteiger partial charge in [0.1, 0.15) is 0 Å². The summed E-state index contributed by atoms with van der Waals surface area (Å²) in [6, 6.07) is 8.55. The summed E-state index contributed by atoms with van der Waals surface area (Å²) in [6.07, 6.45) is 0. The number of ether oxygens (including phenoxy) is 2. The maximum absolute atomic E-state index is 5.94. The minimum atomic E-state index is 0.146. The highest BCUT2D eigenvalue weighted by atomic mass is 16.5. The van der Waals surface area contributed by atoms with Crippen LogP contribution in [0.5, 0.6) is 0 Å². The van der Waals surface area contributed by atoms with Gasteiger partial charge in [0.25, 0.3) is 0 Å². The largest absolute Gasteiger partial charge is 0.383 e. The lowest BCUT2D eigenvalue weighted by Crippen LogP contribution is -2.40. The first-order valence-corrected chi connectivity index (χ1v) is 8.11. The highest BCUT2D eigenvalue weighted by molar-refractivity contribution is 5.78. The number of nitrogens with zero attached hydrogens (tertiary/aromatic N) is 2. The number of rotatable bonds is 7.